The number of ketones is 1. The number of Topliss-reactive ketones (excluding diaryl/α,β-unsaturated/α-hetero) is 1. The molecule has 0 saturated carbocycles. The van der Waals surface area contributed by atoms with Crippen LogP contribution >= 0.6 is 0 Å². The Kier molecular flexibility index (Phi) is 4.81. The summed E-state index contributed by atoms with van der Waals surface area (Å²) in [4.78, 5) is 22.1. The average Bonchev–Trinajstić information content (AvgIpc) is 1.96. The minimum Gasteiger partial charge on any atom is -0.460 e. The second-order valence-corrected chi connectivity index (χ2v) is 4.64. The van der Waals surface area contributed by atoms with Crippen molar-refractivity contribution in [1.29, 1.82) is 0 Å². The molecule has 0 fully saturated rings. The van der Waals surface area contributed by atoms with E-state index in [1.165, 1.54) is 0 Å². The molecule has 0 aromatic carbocycles. The zero-order valence-corrected chi connectivity index (χ0v) is 9.72. The minimum atomic E-state index is -0.434. The number of rotatable bonds is 4. The Balaban J connectivity index is 3.81. The zero-order chi connectivity index (χ0) is 11.4. The smallest absolute Gasteiger partial charge is 0.306 e. The Bertz CT molecular complexity index is 213. The van der Waals surface area contributed by atoms with Crippen LogP contribution in [-0.4, -0.2) is 17.4 Å². The van der Waals surface area contributed by atoms with Gasteiger partial charge in [0.2, 0.25) is 0 Å². The summed E-state index contributed by atoms with van der Waals surface area (Å²) in [5.41, 5.74) is -0.434. The van der Waals surface area contributed by atoms with Gasteiger partial charge >= 0.3 is 5.97 Å². The summed E-state index contributed by atoms with van der Waals surface area (Å²) in [7, 11) is 0. The predicted octanol–water partition coefficient (Wildman–Crippen LogP) is 2.33. The van der Waals surface area contributed by atoms with Crippen LogP contribution < -0.4 is 0 Å². The van der Waals surface area contributed by atoms with Crippen LogP contribution in [0.1, 0.15) is 47.5 Å². The summed E-state index contributed by atoms with van der Waals surface area (Å²) < 4.78 is 5.12. The quantitative estimate of drug-likeness (QED) is 0.654. The van der Waals surface area contributed by atoms with Gasteiger partial charge in [0.25, 0.3) is 0 Å². The first-order chi connectivity index (χ1) is 6.22. The molecule has 0 aromatic rings. The maximum absolute atomic E-state index is 11.3. The van der Waals surface area contributed by atoms with Crippen LogP contribution in [0.5, 0.6) is 0 Å². The van der Waals surface area contributed by atoms with Crippen LogP contribution in [0.25, 0.3) is 0 Å². The van der Waals surface area contributed by atoms with Gasteiger partial charge < -0.3 is 4.74 Å². The van der Waals surface area contributed by atoms with Gasteiger partial charge in [-0.15, -0.1) is 0 Å². The van der Waals surface area contributed by atoms with Gasteiger partial charge in [0.05, 0.1) is 0 Å². The lowest BCUT2D eigenvalue weighted by atomic mass is 10.0. The molecule has 82 valence electrons. The highest BCUT2D eigenvalue weighted by atomic mass is 16.6. The van der Waals surface area contributed by atoms with E-state index in [2.05, 4.69) is 0 Å². The average molecular weight is 200 g/mol. The molecule has 0 rings (SSSR count). The molecular formula is C11H20O3. The summed E-state index contributed by atoms with van der Waals surface area (Å²) in [5, 5.41) is 0. The van der Waals surface area contributed by atoms with Gasteiger partial charge in [-0.2, -0.15) is 0 Å². The van der Waals surface area contributed by atoms with Crippen molar-refractivity contribution in [3.63, 3.8) is 0 Å². The van der Waals surface area contributed by atoms with E-state index in [0.717, 1.165) is 0 Å². The van der Waals surface area contributed by atoms with E-state index in [-0.39, 0.29) is 17.7 Å². The normalized spacial score (nSPS) is 13.5. The minimum absolute atomic E-state index is 0.0532. The van der Waals surface area contributed by atoms with Crippen LogP contribution in [0.4, 0.5) is 0 Å². The number of ether oxygens (including phenoxy) is 1. The van der Waals surface area contributed by atoms with Gasteiger partial charge in [-0.05, 0) is 34.1 Å². The van der Waals surface area contributed by atoms with Crippen LogP contribution in [0, 0.1) is 5.92 Å². The molecule has 0 saturated heterocycles. The fourth-order valence-electron chi connectivity index (χ4n) is 0.930. The van der Waals surface area contributed by atoms with Gasteiger partial charge in [0, 0.05) is 12.3 Å². The maximum atomic E-state index is 11.3. The first-order valence-electron chi connectivity index (χ1n) is 4.94. The summed E-state index contributed by atoms with van der Waals surface area (Å²) in [6.45, 7) is 8.87. The molecule has 0 bridgehead atoms. The SMILES string of the molecule is CC(=O)[C@@H](C)CCC(=O)OC(C)(C)C. The van der Waals surface area contributed by atoms with E-state index >= 15 is 0 Å². The van der Waals surface area contributed by atoms with E-state index in [4.69, 9.17) is 4.74 Å². The molecule has 0 N–H and O–H groups in total. The molecule has 1 atom stereocenters. The third-order valence-electron chi connectivity index (χ3n) is 1.90. The molecule has 0 aromatic heterocycles. The van der Waals surface area contributed by atoms with Crippen molar-refractivity contribution in [1.82, 2.24) is 0 Å². The lowest BCUT2D eigenvalue weighted by Crippen LogP contribution is -2.24. The van der Waals surface area contributed by atoms with Gasteiger partial charge in [0.1, 0.15) is 11.4 Å². The summed E-state index contributed by atoms with van der Waals surface area (Å²) >= 11 is 0. The Labute approximate surface area is 85.8 Å². The molecule has 0 aliphatic heterocycles. The number of esters is 1. The molecule has 0 amide bonds. The van der Waals surface area contributed by atoms with Gasteiger partial charge in [-0.25, -0.2) is 0 Å². The van der Waals surface area contributed by atoms with Crippen molar-refractivity contribution in [2.75, 3.05) is 0 Å². The fraction of sp³-hybridized carbons (Fsp3) is 0.818. The molecule has 14 heavy (non-hydrogen) atoms. The molecule has 0 heterocycles. The van der Waals surface area contributed by atoms with Crippen LogP contribution in [-0.2, 0) is 14.3 Å². The van der Waals surface area contributed by atoms with E-state index in [1.807, 2.05) is 27.7 Å². The second kappa shape index (κ2) is 5.13. The molecular weight excluding hydrogens is 180 g/mol. The van der Waals surface area contributed by atoms with Gasteiger partial charge in [-0.3, -0.25) is 9.59 Å². The van der Waals surface area contributed by atoms with Crippen molar-refractivity contribution in [2.45, 2.75) is 53.1 Å². The topological polar surface area (TPSA) is 43.4 Å². The Hall–Kier alpha value is -0.860. The highest BCUT2D eigenvalue weighted by Crippen LogP contribution is 2.12. The highest BCUT2D eigenvalue weighted by Gasteiger charge is 2.17. The number of hydrogen-bond donors (Lipinski definition) is 0. The lowest BCUT2D eigenvalue weighted by molar-refractivity contribution is -0.155. The maximum Gasteiger partial charge on any atom is 0.306 e. The lowest BCUT2D eigenvalue weighted by Gasteiger charge is -2.19. The van der Waals surface area contributed by atoms with Gasteiger partial charge in [-0.1, -0.05) is 6.92 Å². The van der Waals surface area contributed by atoms with Crippen LogP contribution in [0.2, 0.25) is 0 Å². The second-order valence-electron chi connectivity index (χ2n) is 4.64. The monoisotopic (exact) mass is 200 g/mol. The zero-order valence-electron chi connectivity index (χ0n) is 9.72. The third kappa shape index (κ3) is 6.63. The van der Waals surface area contributed by atoms with E-state index in [9.17, 15) is 9.59 Å². The number of carbonyl (C=O) groups excluding carboxylic acids is 2. The molecule has 0 aliphatic carbocycles. The van der Waals surface area contributed by atoms with Crippen LogP contribution in [0.15, 0.2) is 0 Å². The van der Waals surface area contributed by atoms with Crippen molar-refractivity contribution in [3.8, 4) is 0 Å². The molecule has 3 heteroatoms. The standard InChI is InChI=1S/C11H20O3/c1-8(9(2)12)6-7-10(13)14-11(3,4)5/h8H,6-7H2,1-5H3/t8-/m0/s1. The highest BCUT2D eigenvalue weighted by molar-refractivity contribution is 5.78. The van der Waals surface area contributed by atoms with E-state index < -0.39 is 5.60 Å². The first kappa shape index (κ1) is 13.1. The van der Waals surface area contributed by atoms with E-state index in [1.54, 1.807) is 6.92 Å². The predicted molar refractivity (Wildman–Crippen MR) is 54.9 cm³/mol. The van der Waals surface area contributed by atoms with Crippen molar-refractivity contribution < 1.29 is 14.3 Å². The summed E-state index contributed by atoms with van der Waals surface area (Å²) in [6, 6.07) is 0. The molecule has 0 spiro atoms. The molecule has 0 radical (unpaired) electrons. The summed E-state index contributed by atoms with van der Waals surface area (Å²) in [5.74, 6) is -0.165. The van der Waals surface area contributed by atoms with Crippen molar-refractivity contribution >= 4 is 11.8 Å². The number of carbonyl (C=O) groups is 2. The first-order valence-corrected chi connectivity index (χ1v) is 4.94. The number of hydrogen-bond acceptors (Lipinski definition) is 3. The Morgan fingerprint density at radius 2 is 1.79 bits per heavy atom. The molecule has 0 unspecified atom stereocenters. The van der Waals surface area contributed by atoms with Crippen molar-refractivity contribution in [3.05, 3.63) is 0 Å². The third-order valence-corrected chi connectivity index (χ3v) is 1.90. The Morgan fingerprint density at radius 3 is 2.14 bits per heavy atom. The van der Waals surface area contributed by atoms with Crippen molar-refractivity contribution in [2.24, 2.45) is 5.92 Å². The Morgan fingerprint density at radius 1 is 1.29 bits per heavy atom. The largest absolute Gasteiger partial charge is 0.460 e. The molecule has 0 aliphatic rings. The molecule has 3 nitrogen and oxygen atoms in total. The van der Waals surface area contributed by atoms with Gasteiger partial charge in [0.15, 0.2) is 0 Å². The van der Waals surface area contributed by atoms with E-state index in [0.29, 0.717) is 12.8 Å². The summed E-state index contributed by atoms with van der Waals surface area (Å²) in [6.07, 6.45) is 0.891. The van der Waals surface area contributed by atoms with Crippen LogP contribution in [0.3, 0.4) is 0 Å². The fourth-order valence-corrected chi connectivity index (χ4v) is 0.930.